The Kier molecular flexibility index (Phi) is 3.19. The molecule has 0 fully saturated rings. The summed E-state index contributed by atoms with van der Waals surface area (Å²) in [6, 6.07) is 1.83. The third-order valence-corrected chi connectivity index (χ3v) is 3.97. The minimum atomic E-state index is 0.445. The van der Waals surface area contributed by atoms with E-state index in [9.17, 15) is 5.21 Å². The van der Waals surface area contributed by atoms with Gasteiger partial charge in [-0.2, -0.15) is 4.73 Å². The molecule has 0 saturated carbocycles. The van der Waals surface area contributed by atoms with Crippen molar-refractivity contribution < 1.29 is 9.47 Å². The average molecular weight is 317 g/mol. The van der Waals surface area contributed by atoms with Crippen LogP contribution in [0.15, 0.2) is 16.7 Å². The average Bonchev–Trinajstić information content (AvgIpc) is 2.28. The summed E-state index contributed by atoms with van der Waals surface area (Å²) in [4.78, 5) is 0. The van der Waals surface area contributed by atoms with Gasteiger partial charge in [-0.15, -0.1) is 0 Å². The Morgan fingerprint density at radius 3 is 2.65 bits per heavy atom. The first-order chi connectivity index (χ1) is 7.97. The fourth-order valence-corrected chi connectivity index (χ4v) is 2.86. The van der Waals surface area contributed by atoms with Crippen molar-refractivity contribution in [2.75, 3.05) is 7.11 Å². The van der Waals surface area contributed by atoms with E-state index in [4.69, 9.17) is 16.3 Å². The smallest absolute Gasteiger partial charge is 0.228 e. The zero-order chi connectivity index (χ0) is 12.7. The van der Waals surface area contributed by atoms with Crippen LogP contribution < -0.4 is 9.47 Å². The van der Waals surface area contributed by atoms with Crippen LogP contribution in [0.1, 0.15) is 11.1 Å². The van der Waals surface area contributed by atoms with Crippen molar-refractivity contribution in [3.63, 3.8) is 0 Å². The Morgan fingerprint density at radius 1 is 1.41 bits per heavy atom. The Hall–Kier alpha value is -1.00. The normalized spacial score (nSPS) is 10.9. The molecule has 0 unspecified atom stereocenters. The molecule has 17 heavy (non-hydrogen) atoms. The van der Waals surface area contributed by atoms with Gasteiger partial charge in [-0.3, -0.25) is 0 Å². The van der Waals surface area contributed by atoms with Crippen LogP contribution >= 0.6 is 27.5 Å². The summed E-state index contributed by atoms with van der Waals surface area (Å²) in [6.07, 6.45) is 1.38. The number of rotatable bonds is 1. The number of benzene rings is 1. The third kappa shape index (κ3) is 1.85. The molecule has 0 amide bonds. The lowest BCUT2D eigenvalue weighted by Crippen LogP contribution is -2.28. The molecular weight excluding hydrogens is 305 g/mol. The lowest BCUT2D eigenvalue weighted by Gasteiger charge is -2.12. The van der Waals surface area contributed by atoms with Gasteiger partial charge in [0.2, 0.25) is 5.52 Å². The number of nitrogens with zero attached hydrogens (tertiary/aromatic N) is 1. The van der Waals surface area contributed by atoms with Crippen molar-refractivity contribution in [1.82, 2.24) is 0 Å². The number of methoxy groups -OCH3 is 1. The third-order valence-electron chi connectivity index (χ3n) is 2.80. The maximum atomic E-state index is 11.9. The van der Waals surface area contributed by atoms with Gasteiger partial charge >= 0.3 is 0 Å². The van der Waals surface area contributed by atoms with Crippen molar-refractivity contribution in [3.8, 4) is 5.75 Å². The number of aryl methyl sites for hydroxylation is 2. The quantitative estimate of drug-likeness (QED) is 0.596. The zero-order valence-electron chi connectivity index (χ0n) is 9.67. The van der Waals surface area contributed by atoms with Crippen LogP contribution in [-0.4, -0.2) is 7.11 Å². The van der Waals surface area contributed by atoms with Crippen molar-refractivity contribution in [1.29, 1.82) is 0 Å². The van der Waals surface area contributed by atoms with Crippen molar-refractivity contribution >= 4 is 38.4 Å². The largest absolute Gasteiger partial charge is 0.618 e. The number of hydrogen-bond donors (Lipinski definition) is 0. The monoisotopic (exact) mass is 315 g/mol. The second-order valence-corrected chi connectivity index (χ2v) is 5.06. The SMILES string of the molecule is COc1cc(C)c2c(c(C)c(Cl)c[n+]2[O-])c1Br. The van der Waals surface area contributed by atoms with Gasteiger partial charge in [-0.05, 0) is 41.4 Å². The molecular formula is C12H11BrClNO2. The predicted octanol–water partition coefficient (Wildman–Crippen LogP) is 3.51. The molecule has 2 aromatic rings. The fraction of sp³-hybridized carbons (Fsp3) is 0.250. The van der Waals surface area contributed by atoms with Crippen LogP contribution in [-0.2, 0) is 0 Å². The summed E-state index contributed by atoms with van der Waals surface area (Å²) in [7, 11) is 1.59. The lowest BCUT2D eigenvalue weighted by molar-refractivity contribution is -0.577. The van der Waals surface area contributed by atoms with Crippen LogP contribution in [0, 0.1) is 19.1 Å². The molecule has 0 spiro atoms. The molecule has 1 aromatic carbocycles. The Labute approximate surface area is 113 Å². The minimum absolute atomic E-state index is 0.445. The van der Waals surface area contributed by atoms with Gasteiger partial charge in [0.1, 0.15) is 10.8 Å². The fourth-order valence-electron chi connectivity index (χ4n) is 1.91. The topological polar surface area (TPSA) is 36.2 Å². The van der Waals surface area contributed by atoms with E-state index in [1.807, 2.05) is 19.9 Å². The lowest BCUT2D eigenvalue weighted by atomic mass is 10.1. The molecule has 0 saturated heterocycles. The molecule has 0 aliphatic carbocycles. The highest BCUT2D eigenvalue weighted by Gasteiger charge is 2.19. The van der Waals surface area contributed by atoms with Crippen molar-refractivity contribution in [3.05, 3.63) is 38.1 Å². The molecule has 0 N–H and O–H groups in total. The first-order valence-corrected chi connectivity index (χ1v) is 6.19. The van der Waals surface area contributed by atoms with E-state index in [1.165, 1.54) is 6.20 Å². The van der Waals surface area contributed by atoms with Gasteiger partial charge < -0.3 is 9.94 Å². The molecule has 5 heteroatoms. The van der Waals surface area contributed by atoms with E-state index in [1.54, 1.807) is 7.11 Å². The molecule has 2 rings (SSSR count). The minimum Gasteiger partial charge on any atom is -0.618 e. The predicted molar refractivity (Wildman–Crippen MR) is 71.6 cm³/mol. The molecule has 1 heterocycles. The summed E-state index contributed by atoms with van der Waals surface area (Å²) >= 11 is 9.49. The van der Waals surface area contributed by atoms with Gasteiger partial charge in [-0.1, -0.05) is 11.6 Å². The van der Waals surface area contributed by atoms with E-state index < -0.39 is 0 Å². The number of halogens is 2. The summed E-state index contributed by atoms with van der Waals surface area (Å²) in [5.74, 6) is 0.695. The highest BCUT2D eigenvalue weighted by atomic mass is 79.9. The Morgan fingerprint density at radius 2 is 2.06 bits per heavy atom. The highest BCUT2D eigenvalue weighted by molar-refractivity contribution is 9.10. The standard InChI is InChI=1S/C12H11BrClNO2/c1-6-4-9(17-3)11(13)10-7(2)8(14)5-15(16)12(6)10/h4-5H,1-3H3. The number of ether oxygens (including phenoxy) is 1. The second-order valence-electron chi connectivity index (χ2n) is 3.86. The van der Waals surface area contributed by atoms with Crippen molar-refractivity contribution in [2.45, 2.75) is 13.8 Å². The van der Waals surface area contributed by atoms with Crippen LogP contribution in [0.25, 0.3) is 10.9 Å². The molecule has 0 aliphatic heterocycles. The van der Waals surface area contributed by atoms with E-state index >= 15 is 0 Å². The maximum absolute atomic E-state index is 11.9. The zero-order valence-corrected chi connectivity index (χ0v) is 12.0. The first-order valence-electron chi connectivity index (χ1n) is 5.02. The summed E-state index contributed by atoms with van der Waals surface area (Å²) in [5.41, 5.74) is 2.33. The Balaban J connectivity index is 3.05. The van der Waals surface area contributed by atoms with E-state index in [-0.39, 0.29) is 0 Å². The summed E-state index contributed by atoms with van der Waals surface area (Å²) in [6.45, 7) is 3.76. The van der Waals surface area contributed by atoms with Crippen LogP contribution in [0.3, 0.4) is 0 Å². The maximum Gasteiger partial charge on any atom is 0.228 e. The summed E-state index contributed by atoms with van der Waals surface area (Å²) in [5, 5.41) is 13.1. The summed E-state index contributed by atoms with van der Waals surface area (Å²) < 4.78 is 6.82. The molecule has 1 aromatic heterocycles. The van der Waals surface area contributed by atoms with Crippen molar-refractivity contribution in [2.24, 2.45) is 0 Å². The highest BCUT2D eigenvalue weighted by Crippen LogP contribution is 2.37. The van der Waals surface area contributed by atoms with Crippen LogP contribution in [0.5, 0.6) is 5.75 Å². The molecule has 90 valence electrons. The second kappa shape index (κ2) is 4.35. The molecule has 0 bridgehead atoms. The van der Waals surface area contributed by atoms with E-state index in [0.29, 0.717) is 16.3 Å². The molecule has 0 radical (unpaired) electrons. The first kappa shape index (κ1) is 12.5. The Bertz CT molecular complexity index is 613. The van der Waals surface area contributed by atoms with E-state index in [0.717, 1.165) is 25.7 Å². The number of aromatic nitrogens is 1. The molecule has 3 nitrogen and oxygen atoms in total. The van der Waals surface area contributed by atoms with E-state index in [2.05, 4.69) is 15.9 Å². The number of hydrogen-bond acceptors (Lipinski definition) is 2. The van der Waals surface area contributed by atoms with Gasteiger partial charge in [-0.25, -0.2) is 0 Å². The van der Waals surface area contributed by atoms with Gasteiger partial charge in [0.05, 0.1) is 17.0 Å². The number of pyridine rings is 1. The van der Waals surface area contributed by atoms with Crippen LogP contribution in [0.4, 0.5) is 0 Å². The number of fused-ring (bicyclic) bond motifs is 1. The molecule has 0 aliphatic rings. The van der Waals surface area contributed by atoms with Gasteiger partial charge in [0, 0.05) is 5.56 Å². The van der Waals surface area contributed by atoms with Gasteiger partial charge in [0.15, 0.2) is 6.20 Å². The molecule has 0 atom stereocenters. The van der Waals surface area contributed by atoms with Gasteiger partial charge in [0.25, 0.3) is 0 Å². The van der Waals surface area contributed by atoms with Crippen LogP contribution in [0.2, 0.25) is 5.02 Å².